The maximum absolute atomic E-state index is 12.5. The zero-order valence-electron chi connectivity index (χ0n) is 17.2. The number of esters is 4. The summed E-state index contributed by atoms with van der Waals surface area (Å²) < 4.78 is 26.5. The molecule has 0 aliphatic carbocycles. The fourth-order valence-electron chi connectivity index (χ4n) is 3.02. The molecule has 4 atom stereocenters. The van der Waals surface area contributed by atoms with E-state index in [1.54, 1.807) is 0 Å². The van der Waals surface area contributed by atoms with E-state index >= 15 is 0 Å². The van der Waals surface area contributed by atoms with Crippen LogP contribution in [0.3, 0.4) is 0 Å². The molecule has 0 bridgehead atoms. The number of aromatic amines is 1. The maximum Gasteiger partial charge on any atom is 0.328 e. The number of nitrogens with one attached hydrogen (secondary N) is 1. The second-order valence-corrected chi connectivity index (χ2v) is 6.59. The average Bonchev–Trinajstić information content (AvgIpc) is 2.98. The second kappa shape index (κ2) is 10.0. The SMILES string of the molecule is COC(=O)Cn1cc([C@@H]2O[C@H](COC(C)=O)C(OC(C)=O)C2OC(C)=O)c(=O)[nH]c1=O. The number of aromatic nitrogens is 2. The van der Waals surface area contributed by atoms with Gasteiger partial charge in [0.2, 0.25) is 0 Å². The van der Waals surface area contributed by atoms with E-state index in [4.69, 9.17) is 18.9 Å². The molecule has 2 rings (SSSR count). The summed E-state index contributed by atoms with van der Waals surface area (Å²) in [5.41, 5.74) is -1.94. The molecular weight excluding hydrogens is 420 g/mol. The lowest BCUT2D eigenvalue weighted by atomic mass is 10.0. The third kappa shape index (κ3) is 6.01. The number of hydrogen-bond acceptors (Lipinski definition) is 11. The zero-order valence-corrected chi connectivity index (χ0v) is 17.2. The lowest BCUT2D eigenvalue weighted by Crippen LogP contribution is -2.41. The van der Waals surface area contributed by atoms with Gasteiger partial charge in [-0.25, -0.2) is 4.79 Å². The molecule has 31 heavy (non-hydrogen) atoms. The van der Waals surface area contributed by atoms with Gasteiger partial charge in [0.05, 0.1) is 12.7 Å². The fraction of sp³-hybridized carbons (Fsp3) is 0.556. The first-order valence-electron chi connectivity index (χ1n) is 9.07. The van der Waals surface area contributed by atoms with Crippen molar-refractivity contribution in [1.29, 1.82) is 0 Å². The van der Waals surface area contributed by atoms with Crippen LogP contribution in [-0.4, -0.2) is 65.5 Å². The average molecular weight is 442 g/mol. The van der Waals surface area contributed by atoms with Gasteiger partial charge in [-0.2, -0.15) is 0 Å². The maximum atomic E-state index is 12.5. The summed E-state index contributed by atoms with van der Waals surface area (Å²) in [6.07, 6.45) is -3.85. The van der Waals surface area contributed by atoms with Crippen molar-refractivity contribution in [3.63, 3.8) is 0 Å². The predicted octanol–water partition coefficient (Wildman–Crippen LogP) is -1.42. The minimum absolute atomic E-state index is 0.183. The summed E-state index contributed by atoms with van der Waals surface area (Å²) in [6.45, 7) is 2.51. The monoisotopic (exact) mass is 442 g/mol. The molecular formula is C18H22N2O11. The first-order chi connectivity index (χ1) is 14.5. The Labute approximate surface area is 175 Å². The minimum atomic E-state index is -1.30. The number of carbonyl (C=O) groups is 4. The van der Waals surface area contributed by atoms with E-state index in [0.717, 1.165) is 38.6 Å². The van der Waals surface area contributed by atoms with Gasteiger partial charge in [-0.1, -0.05) is 0 Å². The molecule has 13 heteroatoms. The summed E-state index contributed by atoms with van der Waals surface area (Å²) >= 11 is 0. The highest BCUT2D eigenvalue weighted by Gasteiger charge is 2.51. The molecule has 2 unspecified atom stereocenters. The summed E-state index contributed by atoms with van der Waals surface area (Å²) in [6, 6.07) is 0. The van der Waals surface area contributed by atoms with Gasteiger partial charge in [-0.15, -0.1) is 0 Å². The Morgan fingerprint density at radius 3 is 2.19 bits per heavy atom. The van der Waals surface area contributed by atoms with E-state index in [9.17, 15) is 28.8 Å². The first kappa shape index (κ1) is 23.8. The largest absolute Gasteiger partial charge is 0.468 e. The Bertz CT molecular complexity index is 979. The molecule has 1 saturated heterocycles. The van der Waals surface area contributed by atoms with E-state index in [0.29, 0.717) is 0 Å². The lowest BCUT2D eigenvalue weighted by molar-refractivity contribution is -0.165. The molecule has 1 N–H and O–H groups in total. The van der Waals surface area contributed by atoms with Crippen LogP contribution in [0.2, 0.25) is 0 Å². The Morgan fingerprint density at radius 2 is 1.65 bits per heavy atom. The number of H-pyrrole nitrogens is 1. The molecule has 1 aliphatic rings. The highest BCUT2D eigenvalue weighted by Crippen LogP contribution is 2.36. The molecule has 13 nitrogen and oxygen atoms in total. The van der Waals surface area contributed by atoms with Crippen LogP contribution in [0.1, 0.15) is 32.4 Å². The van der Waals surface area contributed by atoms with Gasteiger partial charge in [-0.3, -0.25) is 33.5 Å². The Balaban J connectivity index is 2.51. The highest BCUT2D eigenvalue weighted by atomic mass is 16.6. The fourth-order valence-corrected chi connectivity index (χ4v) is 3.02. The van der Waals surface area contributed by atoms with Crippen molar-refractivity contribution >= 4 is 23.9 Å². The van der Waals surface area contributed by atoms with Crippen LogP contribution in [0.5, 0.6) is 0 Å². The third-order valence-electron chi connectivity index (χ3n) is 4.24. The second-order valence-electron chi connectivity index (χ2n) is 6.59. The summed E-state index contributed by atoms with van der Waals surface area (Å²) in [7, 11) is 1.13. The van der Waals surface area contributed by atoms with E-state index in [2.05, 4.69) is 4.74 Å². The number of rotatable bonds is 7. The molecule has 0 spiro atoms. The number of nitrogens with zero attached hydrogens (tertiary/aromatic N) is 1. The van der Waals surface area contributed by atoms with Gasteiger partial charge in [0.1, 0.15) is 25.4 Å². The molecule has 0 amide bonds. The van der Waals surface area contributed by atoms with E-state index in [1.807, 2.05) is 4.98 Å². The van der Waals surface area contributed by atoms with Gasteiger partial charge in [0, 0.05) is 27.0 Å². The molecule has 0 saturated carbocycles. The van der Waals surface area contributed by atoms with Gasteiger partial charge in [-0.05, 0) is 0 Å². The van der Waals surface area contributed by atoms with E-state index in [1.165, 1.54) is 0 Å². The van der Waals surface area contributed by atoms with Crippen LogP contribution in [0.15, 0.2) is 15.8 Å². The third-order valence-corrected chi connectivity index (χ3v) is 4.24. The molecule has 2 heterocycles. The molecule has 1 aromatic rings. The van der Waals surface area contributed by atoms with Crippen molar-refractivity contribution in [3.05, 3.63) is 32.6 Å². The number of carbonyl (C=O) groups excluding carboxylic acids is 4. The van der Waals surface area contributed by atoms with Crippen LogP contribution in [0.25, 0.3) is 0 Å². The van der Waals surface area contributed by atoms with Crippen LogP contribution in [-0.2, 0) is 49.4 Å². The standard InChI is InChI=1S/C18H22N2O11/c1-8(21)28-7-12-15(29-9(2)22)16(30-10(3)23)14(31-12)11-5-20(6-13(24)27-4)18(26)19-17(11)25/h5,12,14-16H,6-7H2,1-4H3,(H,19,25,26)/t12-,14+,15?,16?/m1/s1. The van der Waals surface area contributed by atoms with Gasteiger partial charge in [0.25, 0.3) is 5.56 Å². The first-order valence-corrected chi connectivity index (χ1v) is 9.07. The molecule has 1 aromatic heterocycles. The van der Waals surface area contributed by atoms with E-state index in [-0.39, 0.29) is 12.2 Å². The van der Waals surface area contributed by atoms with Crippen molar-refractivity contribution < 1.29 is 42.9 Å². The van der Waals surface area contributed by atoms with Gasteiger partial charge in [0.15, 0.2) is 12.2 Å². The summed E-state index contributed by atoms with van der Waals surface area (Å²) in [5.74, 6) is -2.89. The quantitative estimate of drug-likeness (QED) is 0.388. The topological polar surface area (TPSA) is 169 Å². The van der Waals surface area contributed by atoms with Crippen molar-refractivity contribution in [2.24, 2.45) is 0 Å². The Hall–Kier alpha value is -3.48. The normalized spacial score (nSPS) is 22.5. The summed E-state index contributed by atoms with van der Waals surface area (Å²) in [4.78, 5) is 72.5. The van der Waals surface area contributed by atoms with Crippen LogP contribution in [0, 0.1) is 0 Å². The van der Waals surface area contributed by atoms with Crippen molar-refractivity contribution in [1.82, 2.24) is 9.55 Å². The van der Waals surface area contributed by atoms with Crippen LogP contribution >= 0.6 is 0 Å². The molecule has 1 aliphatic heterocycles. The molecule has 1 fully saturated rings. The Kier molecular flexibility index (Phi) is 7.69. The number of hydrogen-bond donors (Lipinski definition) is 1. The van der Waals surface area contributed by atoms with Crippen LogP contribution < -0.4 is 11.2 Å². The van der Waals surface area contributed by atoms with Crippen molar-refractivity contribution in [2.45, 2.75) is 51.7 Å². The van der Waals surface area contributed by atoms with Gasteiger partial charge < -0.3 is 23.7 Å². The minimum Gasteiger partial charge on any atom is -0.468 e. The predicted molar refractivity (Wildman–Crippen MR) is 98.7 cm³/mol. The van der Waals surface area contributed by atoms with E-state index < -0.39 is 66.1 Å². The molecule has 170 valence electrons. The van der Waals surface area contributed by atoms with Crippen LogP contribution in [0.4, 0.5) is 0 Å². The van der Waals surface area contributed by atoms with Crippen molar-refractivity contribution in [2.75, 3.05) is 13.7 Å². The highest BCUT2D eigenvalue weighted by molar-refractivity contribution is 5.69. The Morgan fingerprint density at radius 1 is 1.03 bits per heavy atom. The summed E-state index contributed by atoms with van der Waals surface area (Å²) in [5, 5.41) is 0. The number of ether oxygens (including phenoxy) is 5. The van der Waals surface area contributed by atoms with Crippen molar-refractivity contribution in [3.8, 4) is 0 Å². The lowest BCUT2D eigenvalue weighted by Gasteiger charge is -2.23. The number of methoxy groups -OCH3 is 1. The zero-order chi connectivity index (χ0) is 23.3. The smallest absolute Gasteiger partial charge is 0.328 e. The molecule has 0 aromatic carbocycles. The molecule has 0 radical (unpaired) electrons. The van der Waals surface area contributed by atoms with Gasteiger partial charge >= 0.3 is 29.6 Å².